The minimum atomic E-state index is -4.83. The molecule has 2 heterocycles. The molecule has 10 heteroatoms. The van der Waals surface area contributed by atoms with Crippen LogP contribution < -0.4 is 16.0 Å². The number of hydrogen-bond acceptors (Lipinski definition) is 5. The Morgan fingerprint density at radius 3 is 2.21 bits per heavy atom. The summed E-state index contributed by atoms with van der Waals surface area (Å²) in [5.74, 6) is 0.0137. The summed E-state index contributed by atoms with van der Waals surface area (Å²) in [6.45, 7) is 6.46. The number of aromatic amines is 1. The first-order valence-electron chi connectivity index (χ1n) is 10.0. The molecule has 0 fully saturated rings. The lowest BCUT2D eigenvalue weighted by Gasteiger charge is -2.16. The van der Waals surface area contributed by atoms with E-state index < -0.39 is 28.9 Å². The lowest BCUT2D eigenvalue weighted by molar-refractivity contribution is -0.140. The molecular formula is C23H23F3N4O3. The summed E-state index contributed by atoms with van der Waals surface area (Å²) in [5.41, 5.74) is 2.64. The fourth-order valence-corrected chi connectivity index (χ4v) is 3.08. The molecule has 7 nitrogen and oxygen atoms in total. The Morgan fingerprint density at radius 2 is 1.70 bits per heavy atom. The first-order chi connectivity index (χ1) is 15.3. The Labute approximate surface area is 187 Å². The Balaban J connectivity index is 1.79. The van der Waals surface area contributed by atoms with Crippen molar-refractivity contribution in [2.75, 3.05) is 0 Å². The molecule has 0 saturated carbocycles. The van der Waals surface area contributed by atoms with E-state index >= 15 is 0 Å². The first-order valence-corrected chi connectivity index (χ1v) is 10.0. The Bertz CT molecular complexity index is 1200. The van der Waals surface area contributed by atoms with Gasteiger partial charge in [-0.2, -0.15) is 13.2 Å². The summed E-state index contributed by atoms with van der Waals surface area (Å²) in [6.07, 6.45) is -0.760. The zero-order valence-electron chi connectivity index (χ0n) is 18.3. The number of benzene rings is 1. The minimum absolute atomic E-state index is 0.0652. The number of rotatable bonds is 6. The third-order valence-corrected chi connectivity index (χ3v) is 4.61. The Morgan fingerprint density at radius 1 is 1.09 bits per heavy atom. The van der Waals surface area contributed by atoms with Crippen LogP contribution in [0.25, 0.3) is 11.1 Å². The van der Waals surface area contributed by atoms with Crippen molar-refractivity contribution in [1.29, 1.82) is 0 Å². The number of nitrogens with zero attached hydrogens (tertiary/aromatic N) is 2. The number of halogens is 3. The first kappa shape index (κ1) is 24.0. The van der Waals surface area contributed by atoms with Crippen molar-refractivity contribution in [2.45, 2.75) is 40.0 Å². The second-order valence-electron chi connectivity index (χ2n) is 8.72. The van der Waals surface area contributed by atoms with Gasteiger partial charge in [-0.1, -0.05) is 32.9 Å². The maximum absolute atomic E-state index is 13.4. The monoisotopic (exact) mass is 460 g/mol. The van der Waals surface area contributed by atoms with E-state index in [1.165, 1.54) is 24.3 Å². The fourth-order valence-electron chi connectivity index (χ4n) is 3.08. The van der Waals surface area contributed by atoms with Crippen LogP contribution >= 0.6 is 0 Å². The molecule has 0 bridgehead atoms. The summed E-state index contributed by atoms with van der Waals surface area (Å²) >= 11 is 0. The van der Waals surface area contributed by atoms with E-state index in [1.54, 1.807) is 17.4 Å². The van der Waals surface area contributed by atoms with Gasteiger partial charge in [-0.15, -0.1) is 0 Å². The van der Waals surface area contributed by atoms with Gasteiger partial charge in [0.2, 0.25) is 0 Å². The molecule has 0 radical (unpaired) electrons. The zero-order valence-corrected chi connectivity index (χ0v) is 18.3. The lowest BCUT2D eigenvalue weighted by Crippen LogP contribution is -2.27. The number of amides is 1. The third kappa shape index (κ3) is 6.18. The third-order valence-electron chi connectivity index (χ3n) is 4.61. The van der Waals surface area contributed by atoms with Gasteiger partial charge in [-0.25, -0.2) is 9.97 Å². The molecule has 0 aliphatic carbocycles. The standard InChI is InChI=1S/C23H23F3N4O3/c1-22(2,3)9-18-28-10-13(11-29-18)12-33-15-6-4-14(5-7-15)16-8-17(20(27)31)21(32)30-19(16)23(24,25)26/h4-8,10-11H,9,12H2,1-3H3,(H2,27,31)(H,30,32). The molecule has 0 aliphatic rings. The van der Waals surface area contributed by atoms with Crippen LogP contribution in [0.3, 0.4) is 0 Å². The Kier molecular flexibility index (Phi) is 6.57. The van der Waals surface area contributed by atoms with Crippen LogP contribution in [0.15, 0.2) is 47.5 Å². The van der Waals surface area contributed by atoms with Gasteiger partial charge in [0.05, 0.1) is 0 Å². The number of ether oxygens (including phenoxy) is 1. The average Bonchev–Trinajstić information content (AvgIpc) is 2.71. The molecule has 0 spiro atoms. The van der Waals surface area contributed by atoms with E-state index in [0.717, 1.165) is 23.9 Å². The highest BCUT2D eigenvalue weighted by atomic mass is 19.4. The van der Waals surface area contributed by atoms with E-state index in [1.807, 2.05) is 0 Å². The maximum Gasteiger partial charge on any atom is 0.431 e. The van der Waals surface area contributed by atoms with Crippen LogP contribution in [-0.2, 0) is 19.2 Å². The number of primary amides is 1. The Hall–Kier alpha value is -3.69. The summed E-state index contributed by atoms with van der Waals surface area (Å²) in [6, 6.07) is 6.60. The molecule has 33 heavy (non-hydrogen) atoms. The number of aromatic nitrogens is 3. The normalized spacial score (nSPS) is 11.9. The highest BCUT2D eigenvalue weighted by molar-refractivity contribution is 5.94. The zero-order chi connectivity index (χ0) is 24.4. The summed E-state index contributed by atoms with van der Waals surface area (Å²) in [7, 11) is 0. The molecule has 2 aromatic heterocycles. The van der Waals surface area contributed by atoms with Crippen LogP contribution in [0, 0.1) is 5.41 Å². The van der Waals surface area contributed by atoms with Gasteiger partial charge in [0.25, 0.3) is 11.5 Å². The molecule has 1 amide bonds. The van der Waals surface area contributed by atoms with Gasteiger partial charge < -0.3 is 15.5 Å². The SMILES string of the molecule is CC(C)(C)Cc1ncc(COc2ccc(-c3cc(C(N)=O)c(=O)[nH]c3C(F)(F)F)cc2)cn1. The van der Waals surface area contributed by atoms with Crippen molar-refractivity contribution < 1.29 is 22.7 Å². The molecule has 3 rings (SSSR count). The van der Waals surface area contributed by atoms with E-state index in [0.29, 0.717) is 5.75 Å². The van der Waals surface area contributed by atoms with Crippen LogP contribution in [0.4, 0.5) is 13.2 Å². The topological polar surface area (TPSA) is 111 Å². The number of H-pyrrole nitrogens is 1. The molecule has 0 unspecified atom stereocenters. The molecule has 3 N–H and O–H groups in total. The lowest BCUT2D eigenvalue weighted by atomic mass is 9.92. The van der Waals surface area contributed by atoms with Gasteiger partial charge >= 0.3 is 6.18 Å². The molecule has 0 atom stereocenters. The predicted molar refractivity (Wildman–Crippen MR) is 116 cm³/mol. The minimum Gasteiger partial charge on any atom is -0.489 e. The van der Waals surface area contributed by atoms with Gasteiger partial charge in [0.15, 0.2) is 0 Å². The van der Waals surface area contributed by atoms with Crippen LogP contribution in [0.2, 0.25) is 0 Å². The van der Waals surface area contributed by atoms with Gasteiger partial charge in [0, 0.05) is 29.9 Å². The summed E-state index contributed by atoms with van der Waals surface area (Å²) < 4.78 is 46.0. The van der Waals surface area contributed by atoms with Crippen LogP contribution in [-0.4, -0.2) is 20.9 Å². The number of carbonyl (C=O) groups excluding carboxylic acids is 1. The average molecular weight is 460 g/mol. The van der Waals surface area contributed by atoms with Crippen LogP contribution in [0.1, 0.15) is 48.2 Å². The predicted octanol–water partition coefficient (Wildman–Crippen LogP) is 4.12. The highest BCUT2D eigenvalue weighted by Crippen LogP contribution is 2.35. The molecule has 0 saturated heterocycles. The van der Waals surface area contributed by atoms with E-state index in [9.17, 15) is 22.8 Å². The number of pyridine rings is 1. The van der Waals surface area contributed by atoms with Crippen molar-refractivity contribution in [1.82, 2.24) is 15.0 Å². The molecule has 1 aromatic carbocycles. The summed E-state index contributed by atoms with van der Waals surface area (Å²) in [4.78, 5) is 33.6. The van der Waals surface area contributed by atoms with Gasteiger partial charge in [-0.3, -0.25) is 9.59 Å². The van der Waals surface area contributed by atoms with E-state index in [4.69, 9.17) is 10.5 Å². The van der Waals surface area contributed by atoms with E-state index in [-0.39, 0.29) is 23.1 Å². The molecule has 3 aromatic rings. The molecule has 0 aliphatic heterocycles. The van der Waals surface area contributed by atoms with Crippen molar-refractivity contribution in [2.24, 2.45) is 11.1 Å². The maximum atomic E-state index is 13.4. The number of nitrogens with two attached hydrogens (primary N) is 1. The van der Waals surface area contributed by atoms with Gasteiger partial charge in [-0.05, 0) is 29.2 Å². The second-order valence-corrected chi connectivity index (χ2v) is 8.72. The summed E-state index contributed by atoms with van der Waals surface area (Å²) in [5, 5.41) is 0. The van der Waals surface area contributed by atoms with Crippen molar-refractivity contribution in [3.05, 3.63) is 75.7 Å². The smallest absolute Gasteiger partial charge is 0.431 e. The highest BCUT2D eigenvalue weighted by Gasteiger charge is 2.36. The number of hydrogen-bond donors (Lipinski definition) is 2. The number of alkyl halides is 3. The largest absolute Gasteiger partial charge is 0.489 e. The fraction of sp³-hybridized carbons (Fsp3) is 0.304. The quantitative estimate of drug-likeness (QED) is 0.575. The van der Waals surface area contributed by atoms with Crippen molar-refractivity contribution >= 4 is 5.91 Å². The van der Waals surface area contributed by atoms with Crippen molar-refractivity contribution in [3.8, 4) is 16.9 Å². The van der Waals surface area contributed by atoms with Gasteiger partial charge in [0.1, 0.15) is 29.4 Å². The molecular weight excluding hydrogens is 437 g/mol. The molecule has 174 valence electrons. The second kappa shape index (κ2) is 9.05. The number of carbonyl (C=O) groups is 1. The van der Waals surface area contributed by atoms with E-state index in [2.05, 4.69) is 30.7 Å². The van der Waals surface area contributed by atoms with Crippen molar-refractivity contribution in [3.63, 3.8) is 0 Å². The van der Waals surface area contributed by atoms with Crippen LogP contribution in [0.5, 0.6) is 5.75 Å². The number of nitrogens with one attached hydrogen (secondary N) is 1.